The van der Waals surface area contributed by atoms with Crippen LogP contribution in [0.5, 0.6) is 0 Å². The van der Waals surface area contributed by atoms with Crippen molar-refractivity contribution in [3.05, 3.63) is 33.9 Å². The van der Waals surface area contributed by atoms with E-state index < -0.39 is 0 Å². The zero-order valence-corrected chi connectivity index (χ0v) is 11.6. The van der Waals surface area contributed by atoms with Crippen molar-refractivity contribution in [2.75, 3.05) is 25.0 Å². The molecular weight excluding hydrogens is 242 g/mol. The summed E-state index contributed by atoms with van der Waals surface area (Å²) in [4.78, 5) is 13.1. The zero-order chi connectivity index (χ0) is 13.8. The summed E-state index contributed by atoms with van der Waals surface area (Å²) in [7, 11) is 0. The topological polar surface area (TPSA) is 58.4 Å². The predicted molar refractivity (Wildman–Crippen MR) is 76.6 cm³/mol. The van der Waals surface area contributed by atoms with Gasteiger partial charge in [-0.05, 0) is 44.5 Å². The lowest BCUT2D eigenvalue weighted by Gasteiger charge is -2.23. The lowest BCUT2D eigenvalue weighted by molar-refractivity contribution is -0.384. The summed E-state index contributed by atoms with van der Waals surface area (Å²) in [5.41, 5.74) is 1.83. The van der Waals surface area contributed by atoms with Crippen LogP contribution in [0.4, 0.5) is 11.4 Å². The number of benzene rings is 1. The maximum atomic E-state index is 11.0. The molecule has 1 N–H and O–H groups in total. The molecule has 1 atom stereocenters. The van der Waals surface area contributed by atoms with Crippen LogP contribution in [0.2, 0.25) is 0 Å². The van der Waals surface area contributed by atoms with Gasteiger partial charge in [-0.25, -0.2) is 0 Å². The SMILES string of the molecule is CCN1CCCC1CNc1cc(C)ccc1[N+](=O)[O-]. The van der Waals surface area contributed by atoms with E-state index in [4.69, 9.17) is 0 Å². The van der Waals surface area contributed by atoms with Gasteiger partial charge in [-0.2, -0.15) is 0 Å². The average molecular weight is 263 g/mol. The number of nitrogens with one attached hydrogen (secondary N) is 1. The van der Waals surface area contributed by atoms with E-state index in [1.807, 2.05) is 13.0 Å². The Labute approximate surface area is 113 Å². The Bertz CT molecular complexity index is 462. The molecule has 19 heavy (non-hydrogen) atoms. The van der Waals surface area contributed by atoms with Gasteiger partial charge >= 0.3 is 0 Å². The number of likely N-dealkylation sites (N-methyl/N-ethyl adjacent to an activating group) is 1. The van der Waals surface area contributed by atoms with E-state index in [0.29, 0.717) is 11.7 Å². The molecule has 5 nitrogen and oxygen atoms in total. The number of rotatable bonds is 5. The van der Waals surface area contributed by atoms with Gasteiger partial charge in [-0.3, -0.25) is 15.0 Å². The Morgan fingerprint density at radius 1 is 1.53 bits per heavy atom. The summed E-state index contributed by atoms with van der Waals surface area (Å²) in [6.45, 7) is 7.06. The highest BCUT2D eigenvalue weighted by atomic mass is 16.6. The maximum Gasteiger partial charge on any atom is 0.292 e. The normalized spacial score (nSPS) is 19.6. The van der Waals surface area contributed by atoms with Gasteiger partial charge in [0.25, 0.3) is 5.69 Å². The van der Waals surface area contributed by atoms with E-state index in [1.54, 1.807) is 12.1 Å². The molecule has 0 aliphatic carbocycles. The lowest BCUT2D eigenvalue weighted by Crippen LogP contribution is -2.34. The van der Waals surface area contributed by atoms with E-state index >= 15 is 0 Å². The number of hydrogen-bond donors (Lipinski definition) is 1. The molecule has 1 aromatic rings. The third-order valence-corrected chi connectivity index (χ3v) is 3.78. The molecule has 0 spiro atoms. The highest BCUT2D eigenvalue weighted by molar-refractivity contribution is 5.62. The second-order valence-corrected chi connectivity index (χ2v) is 5.08. The van der Waals surface area contributed by atoms with Crippen molar-refractivity contribution in [1.29, 1.82) is 0 Å². The highest BCUT2D eigenvalue weighted by Crippen LogP contribution is 2.26. The first-order valence-electron chi connectivity index (χ1n) is 6.84. The first-order valence-corrected chi connectivity index (χ1v) is 6.84. The molecule has 1 aromatic carbocycles. The van der Waals surface area contributed by atoms with E-state index in [9.17, 15) is 10.1 Å². The molecule has 1 aliphatic rings. The fourth-order valence-electron chi connectivity index (χ4n) is 2.72. The van der Waals surface area contributed by atoms with E-state index in [1.165, 1.54) is 12.8 Å². The van der Waals surface area contributed by atoms with Crippen LogP contribution in [0.25, 0.3) is 0 Å². The van der Waals surface area contributed by atoms with Gasteiger partial charge in [-0.1, -0.05) is 13.0 Å². The fourth-order valence-corrected chi connectivity index (χ4v) is 2.72. The molecule has 0 bridgehead atoms. The van der Waals surface area contributed by atoms with Crippen LogP contribution in [0, 0.1) is 17.0 Å². The van der Waals surface area contributed by atoms with Crippen LogP contribution in [-0.4, -0.2) is 35.5 Å². The molecule has 0 saturated carbocycles. The zero-order valence-electron chi connectivity index (χ0n) is 11.6. The summed E-state index contributed by atoms with van der Waals surface area (Å²) in [5.74, 6) is 0. The van der Waals surface area contributed by atoms with E-state index in [-0.39, 0.29) is 10.6 Å². The van der Waals surface area contributed by atoms with Crippen LogP contribution in [0.1, 0.15) is 25.3 Å². The van der Waals surface area contributed by atoms with Crippen LogP contribution in [-0.2, 0) is 0 Å². The molecule has 0 amide bonds. The monoisotopic (exact) mass is 263 g/mol. The maximum absolute atomic E-state index is 11.0. The van der Waals surface area contributed by atoms with Gasteiger partial charge in [0.05, 0.1) is 4.92 Å². The second kappa shape index (κ2) is 6.02. The molecular formula is C14H21N3O2. The van der Waals surface area contributed by atoms with Crippen molar-refractivity contribution >= 4 is 11.4 Å². The Morgan fingerprint density at radius 2 is 2.32 bits per heavy atom. The number of hydrogen-bond acceptors (Lipinski definition) is 4. The molecule has 0 radical (unpaired) electrons. The molecule has 0 aromatic heterocycles. The molecule has 1 heterocycles. The van der Waals surface area contributed by atoms with Gasteiger partial charge in [0, 0.05) is 18.7 Å². The van der Waals surface area contributed by atoms with Gasteiger partial charge in [-0.15, -0.1) is 0 Å². The van der Waals surface area contributed by atoms with Crippen molar-refractivity contribution in [3.8, 4) is 0 Å². The summed E-state index contributed by atoms with van der Waals surface area (Å²) >= 11 is 0. The second-order valence-electron chi connectivity index (χ2n) is 5.08. The number of nitro groups is 1. The van der Waals surface area contributed by atoms with Crippen LogP contribution in [0.3, 0.4) is 0 Å². The Morgan fingerprint density at radius 3 is 3.00 bits per heavy atom. The quantitative estimate of drug-likeness (QED) is 0.655. The smallest absolute Gasteiger partial charge is 0.292 e. The molecule has 1 saturated heterocycles. The Balaban J connectivity index is 2.06. The number of aryl methyl sites for hydroxylation is 1. The fraction of sp³-hybridized carbons (Fsp3) is 0.571. The van der Waals surface area contributed by atoms with Crippen molar-refractivity contribution in [2.24, 2.45) is 0 Å². The van der Waals surface area contributed by atoms with E-state index in [0.717, 1.165) is 25.2 Å². The minimum atomic E-state index is -0.325. The third kappa shape index (κ3) is 3.23. The largest absolute Gasteiger partial charge is 0.378 e. The van der Waals surface area contributed by atoms with Crippen molar-refractivity contribution in [3.63, 3.8) is 0 Å². The summed E-state index contributed by atoms with van der Waals surface area (Å²) in [6.07, 6.45) is 2.39. The minimum Gasteiger partial charge on any atom is -0.378 e. The average Bonchev–Trinajstić information content (AvgIpc) is 2.83. The molecule has 5 heteroatoms. The minimum absolute atomic E-state index is 0.159. The lowest BCUT2D eigenvalue weighted by atomic mass is 10.1. The van der Waals surface area contributed by atoms with Crippen LogP contribution >= 0.6 is 0 Å². The third-order valence-electron chi connectivity index (χ3n) is 3.78. The van der Waals surface area contributed by atoms with Gasteiger partial charge in [0.2, 0.25) is 0 Å². The molecule has 1 aliphatic heterocycles. The van der Waals surface area contributed by atoms with Gasteiger partial charge in [0.1, 0.15) is 5.69 Å². The Hall–Kier alpha value is -1.62. The number of likely N-dealkylation sites (tertiary alicyclic amines) is 1. The van der Waals surface area contributed by atoms with Crippen LogP contribution < -0.4 is 5.32 Å². The standard InChI is InChI=1S/C14H21N3O2/c1-3-16-8-4-5-12(16)10-15-13-9-11(2)6-7-14(13)17(18)19/h6-7,9,12,15H,3-5,8,10H2,1-2H3. The molecule has 2 rings (SSSR count). The van der Waals surface area contributed by atoms with Gasteiger partial charge in [0.15, 0.2) is 0 Å². The summed E-state index contributed by atoms with van der Waals surface area (Å²) in [5, 5.41) is 14.3. The number of nitro benzene ring substituents is 1. The van der Waals surface area contributed by atoms with Crippen LogP contribution in [0.15, 0.2) is 18.2 Å². The number of nitrogens with zero attached hydrogens (tertiary/aromatic N) is 2. The summed E-state index contributed by atoms with van der Waals surface area (Å²) in [6, 6.07) is 5.69. The molecule has 1 unspecified atom stereocenters. The van der Waals surface area contributed by atoms with Crippen molar-refractivity contribution in [1.82, 2.24) is 4.90 Å². The van der Waals surface area contributed by atoms with Crippen molar-refractivity contribution in [2.45, 2.75) is 32.7 Å². The Kier molecular flexibility index (Phi) is 4.37. The summed E-state index contributed by atoms with van der Waals surface area (Å²) < 4.78 is 0. The van der Waals surface area contributed by atoms with E-state index in [2.05, 4.69) is 17.1 Å². The number of anilines is 1. The first kappa shape index (κ1) is 13.8. The first-order chi connectivity index (χ1) is 9.11. The van der Waals surface area contributed by atoms with Crippen molar-refractivity contribution < 1.29 is 4.92 Å². The molecule has 104 valence electrons. The van der Waals surface area contributed by atoms with Gasteiger partial charge < -0.3 is 5.32 Å². The highest BCUT2D eigenvalue weighted by Gasteiger charge is 2.23. The molecule has 1 fully saturated rings. The predicted octanol–water partition coefficient (Wildman–Crippen LogP) is 2.80.